The molecule has 0 aliphatic heterocycles. The molecule has 0 saturated carbocycles. The first kappa shape index (κ1) is 14.2. The number of nitrogens with zero attached hydrogens (tertiary/aromatic N) is 1. The fourth-order valence-electron chi connectivity index (χ4n) is 1.73. The van der Waals surface area contributed by atoms with E-state index in [1.807, 2.05) is 0 Å². The van der Waals surface area contributed by atoms with Crippen molar-refractivity contribution < 1.29 is 0 Å². The van der Waals surface area contributed by atoms with Gasteiger partial charge in [-0.2, -0.15) is 0 Å². The summed E-state index contributed by atoms with van der Waals surface area (Å²) in [5.41, 5.74) is 2.72. The summed E-state index contributed by atoms with van der Waals surface area (Å²) in [7, 11) is 2.18. The lowest BCUT2D eigenvalue weighted by molar-refractivity contribution is 0.317. The monoisotopic (exact) mass is 234 g/mol. The van der Waals surface area contributed by atoms with Crippen molar-refractivity contribution in [3.8, 4) is 0 Å². The molecule has 1 aromatic rings. The van der Waals surface area contributed by atoms with Gasteiger partial charge in [0.05, 0.1) is 0 Å². The van der Waals surface area contributed by atoms with Crippen LogP contribution in [0.3, 0.4) is 0 Å². The fraction of sp³-hybridized carbons (Fsp3) is 0.600. The van der Waals surface area contributed by atoms with Crippen LogP contribution in [-0.4, -0.2) is 31.1 Å². The van der Waals surface area contributed by atoms with E-state index in [2.05, 4.69) is 62.3 Å². The molecule has 0 fully saturated rings. The summed E-state index contributed by atoms with van der Waals surface area (Å²) in [5, 5.41) is 3.52. The maximum Gasteiger partial charge on any atom is 0.0231 e. The first-order valence-electron chi connectivity index (χ1n) is 6.59. The molecule has 2 nitrogen and oxygen atoms in total. The molecule has 0 aromatic heterocycles. The van der Waals surface area contributed by atoms with Crippen LogP contribution in [-0.2, 0) is 6.54 Å². The molecule has 17 heavy (non-hydrogen) atoms. The van der Waals surface area contributed by atoms with Gasteiger partial charge in [0.2, 0.25) is 0 Å². The van der Waals surface area contributed by atoms with Crippen LogP contribution in [0.1, 0.15) is 31.4 Å². The second kappa shape index (κ2) is 7.46. The number of benzene rings is 1. The van der Waals surface area contributed by atoms with Gasteiger partial charge in [0.15, 0.2) is 0 Å². The molecular weight excluding hydrogens is 208 g/mol. The molecule has 2 heteroatoms. The van der Waals surface area contributed by atoms with Crippen molar-refractivity contribution in [2.24, 2.45) is 0 Å². The van der Waals surface area contributed by atoms with Crippen molar-refractivity contribution in [1.29, 1.82) is 0 Å². The number of nitrogens with one attached hydrogen (secondary N) is 1. The van der Waals surface area contributed by atoms with E-state index in [9.17, 15) is 0 Å². The van der Waals surface area contributed by atoms with Crippen LogP contribution in [0.25, 0.3) is 0 Å². The van der Waals surface area contributed by atoms with E-state index in [0.29, 0.717) is 6.04 Å². The van der Waals surface area contributed by atoms with Crippen LogP contribution in [0.15, 0.2) is 24.3 Å². The standard InChI is InChI=1S/C15H26N2/c1-5-14(3)16-10-11-17(4)12-15-8-6-13(2)7-9-15/h6-9,14,16H,5,10-12H2,1-4H3. The van der Waals surface area contributed by atoms with Crippen molar-refractivity contribution in [2.75, 3.05) is 20.1 Å². The van der Waals surface area contributed by atoms with Crippen molar-refractivity contribution in [1.82, 2.24) is 10.2 Å². The highest BCUT2D eigenvalue weighted by atomic mass is 15.1. The molecular formula is C15H26N2. The summed E-state index contributed by atoms with van der Waals surface area (Å²) in [6.45, 7) is 9.77. The van der Waals surface area contributed by atoms with Crippen LogP contribution in [0.5, 0.6) is 0 Å². The number of aryl methyl sites for hydroxylation is 1. The van der Waals surface area contributed by atoms with Crippen LogP contribution in [0, 0.1) is 6.92 Å². The number of hydrogen-bond donors (Lipinski definition) is 1. The van der Waals surface area contributed by atoms with E-state index < -0.39 is 0 Å². The van der Waals surface area contributed by atoms with Gasteiger partial charge in [0.1, 0.15) is 0 Å². The Morgan fingerprint density at radius 3 is 2.47 bits per heavy atom. The third-order valence-corrected chi connectivity index (χ3v) is 3.17. The summed E-state index contributed by atoms with van der Waals surface area (Å²) in [4.78, 5) is 2.36. The highest BCUT2D eigenvalue weighted by Crippen LogP contribution is 2.05. The van der Waals surface area contributed by atoms with Gasteiger partial charge < -0.3 is 10.2 Å². The van der Waals surface area contributed by atoms with E-state index in [-0.39, 0.29) is 0 Å². The highest BCUT2D eigenvalue weighted by molar-refractivity contribution is 5.21. The minimum absolute atomic E-state index is 0.628. The molecule has 1 atom stereocenters. The van der Waals surface area contributed by atoms with Crippen molar-refractivity contribution in [2.45, 2.75) is 39.8 Å². The van der Waals surface area contributed by atoms with E-state index in [1.54, 1.807) is 0 Å². The smallest absolute Gasteiger partial charge is 0.0231 e. The largest absolute Gasteiger partial charge is 0.313 e. The molecule has 0 radical (unpaired) electrons. The Bertz CT molecular complexity index is 305. The summed E-state index contributed by atoms with van der Waals surface area (Å²) < 4.78 is 0. The maximum atomic E-state index is 3.52. The van der Waals surface area contributed by atoms with Gasteiger partial charge in [-0.3, -0.25) is 0 Å². The van der Waals surface area contributed by atoms with Crippen LogP contribution in [0.2, 0.25) is 0 Å². The number of hydrogen-bond acceptors (Lipinski definition) is 2. The Morgan fingerprint density at radius 2 is 1.88 bits per heavy atom. The van der Waals surface area contributed by atoms with Gasteiger partial charge in [-0.25, -0.2) is 0 Å². The van der Waals surface area contributed by atoms with E-state index in [1.165, 1.54) is 17.5 Å². The lowest BCUT2D eigenvalue weighted by atomic mass is 10.1. The van der Waals surface area contributed by atoms with E-state index in [4.69, 9.17) is 0 Å². The van der Waals surface area contributed by atoms with Crippen LogP contribution < -0.4 is 5.32 Å². The average Bonchev–Trinajstić information content (AvgIpc) is 2.32. The molecule has 0 bridgehead atoms. The zero-order chi connectivity index (χ0) is 12.7. The molecule has 0 saturated heterocycles. The summed E-state index contributed by atoms with van der Waals surface area (Å²) in [5.74, 6) is 0. The Kier molecular flexibility index (Phi) is 6.23. The molecule has 0 heterocycles. The molecule has 1 unspecified atom stereocenters. The van der Waals surface area contributed by atoms with Gasteiger partial charge >= 0.3 is 0 Å². The minimum Gasteiger partial charge on any atom is -0.313 e. The van der Waals surface area contributed by atoms with Crippen molar-refractivity contribution in [3.63, 3.8) is 0 Å². The van der Waals surface area contributed by atoms with Crippen LogP contribution in [0.4, 0.5) is 0 Å². The third kappa shape index (κ3) is 5.85. The first-order valence-corrected chi connectivity index (χ1v) is 6.59. The predicted molar refractivity (Wildman–Crippen MR) is 75.3 cm³/mol. The predicted octanol–water partition coefficient (Wildman–Crippen LogP) is 2.81. The molecule has 96 valence electrons. The zero-order valence-electron chi connectivity index (χ0n) is 11.7. The van der Waals surface area contributed by atoms with Crippen molar-refractivity contribution >= 4 is 0 Å². The minimum atomic E-state index is 0.628. The van der Waals surface area contributed by atoms with Gasteiger partial charge in [-0.15, -0.1) is 0 Å². The molecule has 1 rings (SSSR count). The molecule has 0 aliphatic rings. The Labute approximate surface area is 106 Å². The van der Waals surface area contributed by atoms with Crippen molar-refractivity contribution in [3.05, 3.63) is 35.4 Å². The molecule has 0 aliphatic carbocycles. The lowest BCUT2D eigenvalue weighted by Gasteiger charge is -2.19. The molecule has 0 spiro atoms. The van der Waals surface area contributed by atoms with Gasteiger partial charge in [-0.05, 0) is 32.9 Å². The number of rotatable bonds is 7. The summed E-state index contributed by atoms with van der Waals surface area (Å²) >= 11 is 0. The number of likely N-dealkylation sites (N-methyl/N-ethyl adjacent to an activating group) is 1. The molecule has 1 aromatic carbocycles. The SMILES string of the molecule is CCC(C)NCCN(C)Cc1ccc(C)cc1. The quantitative estimate of drug-likeness (QED) is 0.780. The Balaban J connectivity index is 2.25. The zero-order valence-corrected chi connectivity index (χ0v) is 11.7. The van der Waals surface area contributed by atoms with Crippen LogP contribution >= 0.6 is 0 Å². The highest BCUT2D eigenvalue weighted by Gasteiger charge is 2.01. The Morgan fingerprint density at radius 1 is 1.24 bits per heavy atom. The third-order valence-electron chi connectivity index (χ3n) is 3.17. The summed E-state index contributed by atoms with van der Waals surface area (Å²) in [6.07, 6.45) is 1.20. The van der Waals surface area contributed by atoms with Gasteiger partial charge in [0, 0.05) is 25.7 Å². The lowest BCUT2D eigenvalue weighted by Crippen LogP contribution is -2.33. The topological polar surface area (TPSA) is 15.3 Å². The molecule has 0 amide bonds. The second-order valence-corrected chi connectivity index (χ2v) is 4.99. The average molecular weight is 234 g/mol. The van der Waals surface area contributed by atoms with Gasteiger partial charge in [-0.1, -0.05) is 36.8 Å². The second-order valence-electron chi connectivity index (χ2n) is 4.99. The maximum absolute atomic E-state index is 3.52. The normalized spacial score (nSPS) is 13.0. The first-order chi connectivity index (χ1) is 8.11. The molecule has 1 N–H and O–H groups in total. The fourth-order valence-corrected chi connectivity index (χ4v) is 1.73. The Hall–Kier alpha value is -0.860. The van der Waals surface area contributed by atoms with E-state index >= 15 is 0 Å². The summed E-state index contributed by atoms with van der Waals surface area (Å²) in [6, 6.07) is 9.42. The van der Waals surface area contributed by atoms with E-state index in [0.717, 1.165) is 19.6 Å². The van der Waals surface area contributed by atoms with Gasteiger partial charge in [0.25, 0.3) is 0 Å².